The number of hydrogen-bond acceptors (Lipinski definition) is 4. The number of benzene rings is 3. The minimum absolute atomic E-state index is 0.0666. The first-order chi connectivity index (χ1) is 16.2. The molecule has 1 aromatic heterocycles. The fraction of sp³-hybridized carbons (Fsp3) is 0.0800. The molecule has 4 rings (SSSR count). The molecule has 34 heavy (non-hydrogen) atoms. The van der Waals surface area contributed by atoms with Crippen LogP contribution in [0.5, 0.6) is 0 Å². The lowest BCUT2D eigenvalue weighted by molar-refractivity contribution is 0.102. The first-order valence-electron chi connectivity index (χ1n) is 10.2. The third-order valence-corrected chi connectivity index (χ3v) is 8.15. The lowest BCUT2D eigenvalue weighted by Gasteiger charge is -2.21. The number of anilines is 2. The highest BCUT2D eigenvalue weighted by Gasteiger charge is 2.33. The number of amides is 1. The van der Waals surface area contributed by atoms with Crippen molar-refractivity contribution in [1.82, 2.24) is 0 Å². The fourth-order valence-electron chi connectivity index (χ4n) is 3.44. The molecule has 0 aliphatic carbocycles. The topological polar surface area (TPSA) is 66.5 Å². The molecule has 1 N–H and O–H groups in total. The van der Waals surface area contributed by atoms with E-state index in [0.29, 0.717) is 16.9 Å². The summed E-state index contributed by atoms with van der Waals surface area (Å²) in [6.07, 6.45) is 0. The van der Waals surface area contributed by atoms with Crippen LogP contribution in [-0.4, -0.2) is 21.4 Å². The molecular weight excluding hydrogens is 478 g/mol. The van der Waals surface area contributed by atoms with E-state index in [4.69, 9.17) is 0 Å². The zero-order chi connectivity index (χ0) is 24.5. The van der Waals surface area contributed by atoms with Crippen LogP contribution in [0, 0.1) is 18.6 Å². The molecule has 3 aromatic carbocycles. The number of aryl methyl sites for hydroxylation is 1. The van der Waals surface area contributed by atoms with E-state index in [1.54, 1.807) is 24.3 Å². The zero-order valence-electron chi connectivity index (χ0n) is 18.2. The summed E-state index contributed by atoms with van der Waals surface area (Å²) in [5.41, 5.74) is 2.13. The van der Waals surface area contributed by atoms with Crippen LogP contribution in [0.1, 0.15) is 15.2 Å². The Labute approximate surface area is 200 Å². The average Bonchev–Trinajstić information content (AvgIpc) is 3.26. The minimum atomic E-state index is -4.23. The van der Waals surface area contributed by atoms with Crippen molar-refractivity contribution in [3.8, 4) is 11.1 Å². The number of carbonyl (C=O) groups excluding carboxylic acids is 1. The predicted octanol–water partition coefficient (Wildman–Crippen LogP) is 6.08. The van der Waals surface area contributed by atoms with Gasteiger partial charge in [0, 0.05) is 23.7 Å². The molecule has 0 fully saturated rings. The van der Waals surface area contributed by atoms with E-state index in [1.165, 1.54) is 54.9 Å². The second kappa shape index (κ2) is 9.36. The Morgan fingerprint density at radius 3 is 2.32 bits per heavy atom. The van der Waals surface area contributed by atoms with Gasteiger partial charge < -0.3 is 5.32 Å². The van der Waals surface area contributed by atoms with Crippen molar-refractivity contribution in [1.29, 1.82) is 0 Å². The highest BCUT2D eigenvalue weighted by molar-refractivity contribution is 7.93. The SMILES string of the molecule is Cc1cccc(N(C)S(=O)(=O)c2c(-c3cccc(F)c3)csc2C(=O)Nc2ccc(F)cc2)c1. The van der Waals surface area contributed by atoms with E-state index in [-0.39, 0.29) is 15.3 Å². The molecule has 0 aliphatic rings. The van der Waals surface area contributed by atoms with Gasteiger partial charge in [-0.3, -0.25) is 9.10 Å². The molecule has 174 valence electrons. The Morgan fingerprint density at radius 2 is 1.65 bits per heavy atom. The van der Waals surface area contributed by atoms with Gasteiger partial charge in [-0.2, -0.15) is 0 Å². The number of carbonyl (C=O) groups is 1. The van der Waals surface area contributed by atoms with E-state index in [0.717, 1.165) is 21.2 Å². The van der Waals surface area contributed by atoms with Gasteiger partial charge in [0.25, 0.3) is 15.9 Å². The number of thiophene rings is 1. The highest BCUT2D eigenvalue weighted by Crippen LogP contribution is 2.38. The van der Waals surface area contributed by atoms with Crippen molar-refractivity contribution >= 4 is 38.6 Å². The second-order valence-corrected chi connectivity index (χ2v) is 10.4. The number of nitrogens with zero attached hydrogens (tertiary/aromatic N) is 1. The Hall–Kier alpha value is -3.56. The number of halogens is 2. The van der Waals surface area contributed by atoms with E-state index in [1.807, 2.05) is 13.0 Å². The maximum absolute atomic E-state index is 14.0. The fourth-order valence-corrected chi connectivity index (χ4v) is 6.28. The molecule has 1 amide bonds. The van der Waals surface area contributed by atoms with Crippen LogP contribution in [0.3, 0.4) is 0 Å². The summed E-state index contributed by atoms with van der Waals surface area (Å²) in [6, 6.07) is 17.6. The smallest absolute Gasteiger partial charge is 0.267 e. The lowest BCUT2D eigenvalue weighted by atomic mass is 10.1. The summed E-state index contributed by atoms with van der Waals surface area (Å²) in [6.45, 7) is 1.84. The molecule has 0 radical (unpaired) electrons. The van der Waals surface area contributed by atoms with Gasteiger partial charge in [0.1, 0.15) is 21.4 Å². The van der Waals surface area contributed by atoms with Crippen LogP contribution >= 0.6 is 11.3 Å². The van der Waals surface area contributed by atoms with Gasteiger partial charge in [-0.15, -0.1) is 11.3 Å². The maximum Gasteiger partial charge on any atom is 0.267 e. The van der Waals surface area contributed by atoms with Crippen LogP contribution in [0.15, 0.2) is 83.1 Å². The minimum Gasteiger partial charge on any atom is -0.321 e. The molecule has 1 heterocycles. The summed E-state index contributed by atoms with van der Waals surface area (Å²) in [7, 11) is -2.83. The maximum atomic E-state index is 14.0. The molecule has 0 spiro atoms. The van der Waals surface area contributed by atoms with Crippen molar-refractivity contribution in [3.63, 3.8) is 0 Å². The quantitative estimate of drug-likeness (QED) is 0.350. The molecule has 0 saturated carbocycles. The highest BCUT2D eigenvalue weighted by atomic mass is 32.2. The lowest BCUT2D eigenvalue weighted by Crippen LogP contribution is -2.28. The van der Waals surface area contributed by atoms with Gasteiger partial charge in [-0.25, -0.2) is 17.2 Å². The number of sulfonamides is 1. The van der Waals surface area contributed by atoms with Gasteiger partial charge in [0.2, 0.25) is 0 Å². The summed E-state index contributed by atoms with van der Waals surface area (Å²) in [5.74, 6) is -1.67. The Balaban J connectivity index is 1.85. The van der Waals surface area contributed by atoms with Crippen LogP contribution in [0.25, 0.3) is 11.1 Å². The Kier molecular flexibility index (Phi) is 6.49. The van der Waals surface area contributed by atoms with Gasteiger partial charge >= 0.3 is 0 Å². The van der Waals surface area contributed by atoms with Crippen LogP contribution in [-0.2, 0) is 10.0 Å². The van der Waals surface area contributed by atoms with Gasteiger partial charge in [0.15, 0.2) is 0 Å². The Bertz CT molecular complexity index is 1470. The summed E-state index contributed by atoms with van der Waals surface area (Å²) >= 11 is 0.936. The predicted molar refractivity (Wildman–Crippen MR) is 131 cm³/mol. The van der Waals surface area contributed by atoms with Crippen LogP contribution in [0.2, 0.25) is 0 Å². The zero-order valence-corrected chi connectivity index (χ0v) is 19.9. The van der Waals surface area contributed by atoms with Crippen LogP contribution < -0.4 is 9.62 Å². The number of nitrogens with one attached hydrogen (secondary N) is 1. The van der Waals surface area contributed by atoms with Gasteiger partial charge in [0.05, 0.1) is 5.69 Å². The molecule has 0 bridgehead atoms. The second-order valence-electron chi connectivity index (χ2n) is 7.59. The van der Waals surface area contributed by atoms with E-state index in [9.17, 15) is 22.0 Å². The third kappa shape index (κ3) is 4.71. The van der Waals surface area contributed by atoms with Crippen molar-refractivity contribution in [2.24, 2.45) is 0 Å². The van der Waals surface area contributed by atoms with E-state index in [2.05, 4.69) is 5.32 Å². The van der Waals surface area contributed by atoms with Crippen LogP contribution in [0.4, 0.5) is 20.2 Å². The van der Waals surface area contributed by atoms with Crippen molar-refractivity contribution in [2.45, 2.75) is 11.8 Å². The summed E-state index contributed by atoms with van der Waals surface area (Å²) < 4.78 is 55.9. The first-order valence-corrected chi connectivity index (χ1v) is 12.5. The molecule has 0 unspecified atom stereocenters. The van der Waals surface area contributed by atoms with Gasteiger partial charge in [-0.05, 0) is 66.6 Å². The Morgan fingerprint density at radius 1 is 0.941 bits per heavy atom. The van der Waals surface area contributed by atoms with E-state index >= 15 is 0 Å². The summed E-state index contributed by atoms with van der Waals surface area (Å²) in [4.78, 5) is 12.8. The molecule has 4 aromatic rings. The molecule has 0 saturated heterocycles. The largest absolute Gasteiger partial charge is 0.321 e. The number of rotatable bonds is 6. The standard InChI is InChI=1S/C25H20F2N2O3S2/c1-16-5-3-8-21(13-16)29(2)34(31,32)24-22(17-6-4-7-19(27)14-17)15-33-23(24)25(30)28-20-11-9-18(26)10-12-20/h3-15H,1-2H3,(H,28,30). The average molecular weight is 499 g/mol. The van der Waals surface area contributed by atoms with E-state index < -0.39 is 27.6 Å². The number of hydrogen-bond donors (Lipinski definition) is 1. The monoisotopic (exact) mass is 498 g/mol. The van der Waals surface area contributed by atoms with Crippen molar-refractivity contribution in [3.05, 3.63) is 100 Å². The normalized spacial score (nSPS) is 11.3. The molecule has 5 nitrogen and oxygen atoms in total. The molecule has 9 heteroatoms. The van der Waals surface area contributed by atoms with Crippen molar-refractivity contribution in [2.75, 3.05) is 16.7 Å². The third-order valence-electron chi connectivity index (χ3n) is 5.17. The molecule has 0 atom stereocenters. The first kappa shape index (κ1) is 23.6. The molecular formula is C25H20F2N2O3S2. The van der Waals surface area contributed by atoms with Crippen molar-refractivity contribution < 1.29 is 22.0 Å². The summed E-state index contributed by atoms with van der Waals surface area (Å²) in [5, 5.41) is 4.13. The molecule has 0 aliphatic heterocycles. The van der Waals surface area contributed by atoms with Gasteiger partial charge in [-0.1, -0.05) is 24.3 Å².